The van der Waals surface area contributed by atoms with Crippen LogP contribution in [0.4, 0.5) is 0 Å². The molecule has 1 aliphatic rings. The largest absolute Gasteiger partial charge is 0.361 e. The molecule has 1 saturated heterocycles. The van der Waals surface area contributed by atoms with Crippen LogP contribution in [0.5, 0.6) is 0 Å². The van der Waals surface area contributed by atoms with Crippen molar-refractivity contribution in [3.8, 4) is 0 Å². The number of hydrogen-bond acceptors (Lipinski definition) is 4. The topological polar surface area (TPSA) is 58.4 Å². The number of nitrogens with zero attached hydrogens (tertiary/aromatic N) is 2. The van der Waals surface area contributed by atoms with E-state index in [9.17, 15) is 4.79 Å². The normalized spacial score (nSPS) is 16.5. The van der Waals surface area contributed by atoms with Crippen LogP contribution < -0.4 is 5.43 Å². The Morgan fingerprint density at radius 2 is 2.62 bits per heavy atom. The summed E-state index contributed by atoms with van der Waals surface area (Å²) in [4.78, 5) is 11.7. The molecule has 0 atom stereocenters. The van der Waals surface area contributed by atoms with Gasteiger partial charge in [0.15, 0.2) is 0 Å². The third-order valence-corrected chi connectivity index (χ3v) is 2.09. The zero-order chi connectivity index (χ0) is 9.26. The molecule has 70 valence electrons. The Bertz CT molecular complexity index is 315. The van der Waals surface area contributed by atoms with E-state index in [0.29, 0.717) is 11.3 Å². The Labute approximate surface area is 75.7 Å². The molecule has 5 heteroatoms. The smallest absolute Gasteiger partial charge is 0.273 e. The first-order chi connectivity index (χ1) is 6.29. The van der Waals surface area contributed by atoms with Gasteiger partial charge in [0.05, 0.1) is 6.20 Å². The molecular formula is C8H11N3O2. The van der Waals surface area contributed by atoms with Gasteiger partial charge in [0.2, 0.25) is 0 Å². The van der Waals surface area contributed by atoms with Crippen LogP contribution in [-0.4, -0.2) is 29.2 Å². The van der Waals surface area contributed by atoms with Crippen molar-refractivity contribution in [2.24, 2.45) is 0 Å². The number of aryl methyl sites for hydroxylation is 1. The van der Waals surface area contributed by atoms with Crippen LogP contribution in [0.1, 0.15) is 22.5 Å². The molecule has 0 aliphatic carbocycles. The molecule has 1 aromatic heterocycles. The van der Waals surface area contributed by atoms with Gasteiger partial charge in [-0.05, 0) is 13.3 Å². The van der Waals surface area contributed by atoms with Gasteiger partial charge in [0.25, 0.3) is 5.91 Å². The van der Waals surface area contributed by atoms with E-state index in [-0.39, 0.29) is 5.91 Å². The summed E-state index contributed by atoms with van der Waals surface area (Å²) in [6.45, 7) is 3.34. The van der Waals surface area contributed by atoms with Crippen molar-refractivity contribution in [1.29, 1.82) is 0 Å². The van der Waals surface area contributed by atoms with E-state index in [1.807, 2.05) is 0 Å². The van der Waals surface area contributed by atoms with Crippen LogP contribution in [0.2, 0.25) is 0 Å². The number of hydrazine groups is 1. The second kappa shape index (κ2) is 3.18. The fraction of sp³-hybridized carbons (Fsp3) is 0.500. The highest BCUT2D eigenvalue weighted by atomic mass is 16.5. The van der Waals surface area contributed by atoms with Gasteiger partial charge >= 0.3 is 0 Å². The van der Waals surface area contributed by atoms with Gasteiger partial charge in [-0.1, -0.05) is 5.16 Å². The maximum absolute atomic E-state index is 11.7. The molecule has 1 N–H and O–H groups in total. The van der Waals surface area contributed by atoms with Gasteiger partial charge in [-0.2, -0.15) is 0 Å². The zero-order valence-electron chi connectivity index (χ0n) is 7.41. The summed E-state index contributed by atoms with van der Waals surface area (Å²) in [5.41, 5.74) is 3.52. The summed E-state index contributed by atoms with van der Waals surface area (Å²) in [5.74, 6) is 0.509. The molecule has 0 spiro atoms. The highest BCUT2D eigenvalue weighted by molar-refractivity contribution is 5.94. The molecule has 0 bridgehead atoms. The number of carbonyl (C=O) groups is 1. The van der Waals surface area contributed by atoms with Gasteiger partial charge in [-0.3, -0.25) is 9.80 Å². The molecule has 1 fully saturated rings. The second-order valence-corrected chi connectivity index (χ2v) is 3.01. The van der Waals surface area contributed by atoms with Gasteiger partial charge in [-0.15, -0.1) is 0 Å². The van der Waals surface area contributed by atoms with Gasteiger partial charge in [-0.25, -0.2) is 5.43 Å². The van der Waals surface area contributed by atoms with E-state index in [0.717, 1.165) is 19.5 Å². The lowest BCUT2D eigenvalue weighted by molar-refractivity contribution is 0.0724. The van der Waals surface area contributed by atoms with Crippen LogP contribution >= 0.6 is 0 Å². The van der Waals surface area contributed by atoms with Gasteiger partial charge in [0, 0.05) is 13.1 Å². The Balaban J connectivity index is 2.17. The maximum atomic E-state index is 11.7. The van der Waals surface area contributed by atoms with E-state index < -0.39 is 0 Å². The average Bonchev–Trinajstić information content (AvgIpc) is 2.72. The lowest BCUT2D eigenvalue weighted by Crippen LogP contribution is -2.36. The quantitative estimate of drug-likeness (QED) is 0.678. The summed E-state index contributed by atoms with van der Waals surface area (Å²) in [5, 5.41) is 5.16. The summed E-state index contributed by atoms with van der Waals surface area (Å²) in [6, 6.07) is 0. The lowest BCUT2D eigenvalue weighted by Gasteiger charge is -2.13. The number of hydrogen-bond donors (Lipinski definition) is 1. The monoisotopic (exact) mass is 181 g/mol. The van der Waals surface area contributed by atoms with Crippen molar-refractivity contribution in [2.75, 3.05) is 13.1 Å². The Morgan fingerprint density at radius 1 is 1.77 bits per heavy atom. The fourth-order valence-electron chi connectivity index (χ4n) is 1.35. The number of rotatable bonds is 1. The van der Waals surface area contributed by atoms with E-state index in [1.165, 1.54) is 6.20 Å². The van der Waals surface area contributed by atoms with E-state index in [2.05, 4.69) is 10.6 Å². The predicted octanol–water partition coefficient (Wildman–Crippen LogP) is 0.334. The molecule has 0 saturated carbocycles. The Morgan fingerprint density at radius 3 is 3.15 bits per heavy atom. The third-order valence-electron chi connectivity index (χ3n) is 2.09. The minimum atomic E-state index is -0.0590. The van der Waals surface area contributed by atoms with Crippen LogP contribution in [0.3, 0.4) is 0 Å². The second-order valence-electron chi connectivity index (χ2n) is 3.01. The average molecular weight is 181 g/mol. The van der Waals surface area contributed by atoms with E-state index >= 15 is 0 Å². The maximum Gasteiger partial charge on any atom is 0.273 e. The lowest BCUT2D eigenvalue weighted by atomic mass is 10.2. The first kappa shape index (κ1) is 8.25. The number of aromatic nitrogens is 1. The zero-order valence-corrected chi connectivity index (χ0v) is 7.41. The molecule has 2 heterocycles. The molecule has 2 rings (SSSR count). The van der Waals surface area contributed by atoms with E-state index in [4.69, 9.17) is 4.52 Å². The number of nitrogens with one attached hydrogen (secondary N) is 1. The highest BCUT2D eigenvalue weighted by Crippen LogP contribution is 2.10. The molecule has 5 nitrogen and oxygen atoms in total. The van der Waals surface area contributed by atoms with Gasteiger partial charge in [0.1, 0.15) is 11.3 Å². The van der Waals surface area contributed by atoms with Crippen molar-refractivity contribution in [3.05, 3.63) is 17.5 Å². The third kappa shape index (κ3) is 1.42. The van der Waals surface area contributed by atoms with E-state index in [1.54, 1.807) is 11.9 Å². The molecule has 1 aliphatic heterocycles. The molecule has 0 unspecified atom stereocenters. The summed E-state index contributed by atoms with van der Waals surface area (Å²) >= 11 is 0. The minimum absolute atomic E-state index is 0.0590. The van der Waals surface area contributed by atoms with Crippen molar-refractivity contribution in [2.45, 2.75) is 13.3 Å². The molecule has 0 radical (unpaired) electrons. The minimum Gasteiger partial charge on any atom is -0.361 e. The molecule has 1 amide bonds. The Kier molecular flexibility index (Phi) is 2.02. The summed E-state index contributed by atoms with van der Waals surface area (Å²) in [6.07, 6.45) is 2.45. The van der Waals surface area contributed by atoms with Crippen LogP contribution in [0, 0.1) is 6.92 Å². The molecule has 13 heavy (non-hydrogen) atoms. The molecular weight excluding hydrogens is 170 g/mol. The summed E-state index contributed by atoms with van der Waals surface area (Å²) in [7, 11) is 0. The Hall–Kier alpha value is -1.36. The van der Waals surface area contributed by atoms with Gasteiger partial charge < -0.3 is 4.52 Å². The molecule has 0 aromatic carbocycles. The van der Waals surface area contributed by atoms with Crippen molar-refractivity contribution >= 4 is 5.91 Å². The van der Waals surface area contributed by atoms with Crippen molar-refractivity contribution in [3.63, 3.8) is 0 Å². The first-order valence-electron chi connectivity index (χ1n) is 4.25. The predicted molar refractivity (Wildman–Crippen MR) is 44.9 cm³/mol. The van der Waals surface area contributed by atoms with Crippen LogP contribution in [-0.2, 0) is 0 Å². The van der Waals surface area contributed by atoms with Crippen molar-refractivity contribution < 1.29 is 9.32 Å². The standard InChI is InChI=1S/C8H11N3O2/c1-6-7(5-10-13-6)8(12)11-4-2-3-9-11/h5,9H,2-4H2,1H3. The van der Waals surface area contributed by atoms with Crippen LogP contribution in [0.25, 0.3) is 0 Å². The fourth-order valence-corrected chi connectivity index (χ4v) is 1.35. The highest BCUT2D eigenvalue weighted by Gasteiger charge is 2.22. The van der Waals surface area contributed by atoms with Crippen molar-refractivity contribution in [1.82, 2.24) is 15.6 Å². The summed E-state index contributed by atoms with van der Waals surface area (Å²) < 4.78 is 4.82. The molecule has 1 aromatic rings. The van der Waals surface area contributed by atoms with Crippen LogP contribution in [0.15, 0.2) is 10.7 Å². The number of carbonyl (C=O) groups excluding carboxylic acids is 1. The number of amides is 1. The first-order valence-corrected chi connectivity index (χ1v) is 4.25. The SMILES string of the molecule is Cc1oncc1C(=O)N1CCCN1.